The van der Waals surface area contributed by atoms with Gasteiger partial charge in [0.05, 0.1) is 24.2 Å². The number of rotatable bonds is 2. The van der Waals surface area contributed by atoms with Crippen LogP contribution in [0.2, 0.25) is 0 Å². The number of nitrogen functional groups attached to an aromatic ring is 1. The summed E-state index contributed by atoms with van der Waals surface area (Å²) in [6.45, 7) is 1.61. The fourth-order valence-corrected chi connectivity index (χ4v) is 2.28. The number of nitrogens with two attached hydrogens (primary N) is 1. The second-order valence-corrected chi connectivity index (χ2v) is 5.03. The number of pyridine rings is 1. The summed E-state index contributed by atoms with van der Waals surface area (Å²) in [5, 5.41) is 1.42. The van der Waals surface area contributed by atoms with Gasteiger partial charge in [0.15, 0.2) is 0 Å². The Balaban J connectivity index is 2.10. The molecule has 70 valence electrons. The Morgan fingerprint density at radius 2 is 2.38 bits per heavy atom. The molecule has 1 aliphatic heterocycles. The molecule has 1 aromatic heterocycles. The molecule has 2 N–H and O–H groups in total. The van der Waals surface area contributed by atoms with Gasteiger partial charge < -0.3 is 10.5 Å². The summed E-state index contributed by atoms with van der Waals surface area (Å²) in [5.41, 5.74) is 6.52. The highest BCUT2D eigenvalue weighted by Gasteiger charge is 2.21. The molecule has 2 rings (SSSR count). The van der Waals surface area contributed by atoms with E-state index in [0.717, 1.165) is 28.4 Å². The van der Waals surface area contributed by atoms with Gasteiger partial charge in [0.2, 0.25) is 0 Å². The molecule has 0 bridgehead atoms. The fraction of sp³-hybridized carbons (Fsp3) is 0.375. The van der Waals surface area contributed by atoms with Crippen LogP contribution in [0.25, 0.3) is 0 Å². The van der Waals surface area contributed by atoms with Gasteiger partial charge in [0.1, 0.15) is 5.03 Å². The van der Waals surface area contributed by atoms with E-state index in [1.807, 2.05) is 6.07 Å². The molecule has 0 spiro atoms. The Labute approximate surface area is 89.2 Å². The first-order chi connectivity index (χ1) is 6.25. The lowest BCUT2D eigenvalue weighted by Gasteiger charge is -2.25. The third kappa shape index (κ3) is 2.15. The first-order valence-corrected chi connectivity index (χ1v) is 5.58. The molecule has 0 saturated carbocycles. The van der Waals surface area contributed by atoms with Crippen LogP contribution in [0.5, 0.6) is 0 Å². The highest BCUT2D eigenvalue weighted by atomic mass is 79.9. The van der Waals surface area contributed by atoms with Crippen LogP contribution in [0.3, 0.4) is 0 Å². The van der Waals surface area contributed by atoms with Crippen LogP contribution in [-0.2, 0) is 4.74 Å². The van der Waals surface area contributed by atoms with Crippen molar-refractivity contribution in [2.45, 2.75) is 10.3 Å². The maximum Gasteiger partial charge on any atom is 0.119 e. The van der Waals surface area contributed by atoms with E-state index in [9.17, 15) is 0 Å². The van der Waals surface area contributed by atoms with Gasteiger partial charge in [-0.05, 0) is 22.0 Å². The summed E-state index contributed by atoms with van der Waals surface area (Å²) < 4.78 is 5.99. The minimum absolute atomic E-state index is 0.524. The molecular weight excluding hydrogens is 252 g/mol. The molecule has 5 heteroatoms. The molecule has 0 atom stereocenters. The van der Waals surface area contributed by atoms with Crippen LogP contribution in [0.15, 0.2) is 21.8 Å². The Morgan fingerprint density at radius 1 is 1.62 bits per heavy atom. The van der Waals surface area contributed by atoms with Crippen molar-refractivity contribution in [2.24, 2.45) is 0 Å². The number of thioether (sulfide) groups is 1. The zero-order valence-electron chi connectivity index (χ0n) is 6.87. The van der Waals surface area contributed by atoms with E-state index in [4.69, 9.17) is 10.5 Å². The molecule has 3 nitrogen and oxygen atoms in total. The standard InChI is InChI=1S/C8H9BrN2OS/c9-5-1-7(10)8(11-2-5)13-6-3-12-4-6/h1-2,6H,3-4,10H2. The van der Waals surface area contributed by atoms with Crippen molar-refractivity contribution in [3.05, 3.63) is 16.7 Å². The van der Waals surface area contributed by atoms with Gasteiger partial charge in [-0.2, -0.15) is 0 Å². The van der Waals surface area contributed by atoms with Crippen LogP contribution in [-0.4, -0.2) is 23.4 Å². The fourth-order valence-electron chi connectivity index (χ4n) is 0.981. The molecule has 1 saturated heterocycles. The van der Waals surface area contributed by atoms with Crippen molar-refractivity contribution in [2.75, 3.05) is 18.9 Å². The van der Waals surface area contributed by atoms with Crippen molar-refractivity contribution in [1.29, 1.82) is 0 Å². The van der Waals surface area contributed by atoms with Gasteiger partial charge in [0.25, 0.3) is 0 Å². The first-order valence-electron chi connectivity index (χ1n) is 3.91. The smallest absolute Gasteiger partial charge is 0.119 e. The predicted octanol–water partition coefficient (Wildman–Crippen LogP) is 1.92. The van der Waals surface area contributed by atoms with Gasteiger partial charge in [-0.3, -0.25) is 0 Å². The lowest BCUT2D eigenvalue weighted by Crippen LogP contribution is -2.30. The summed E-state index contributed by atoms with van der Waals surface area (Å²) in [7, 11) is 0. The maximum atomic E-state index is 5.79. The SMILES string of the molecule is Nc1cc(Br)cnc1SC1COC1. The molecule has 0 aliphatic carbocycles. The number of nitrogens with zero attached hydrogens (tertiary/aromatic N) is 1. The van der Waals surface area contributed by atoms with E-state index >= 15 is 0 Å². The molecule has 1 aromatic rings. The molecule has 0 radical (unpaired) electrons. The van der Waals surface area contributed by atoms with Crippen molar-refractivity contribution in [1.82, 2.24) is 4.98 Å². The predicted molar refractivity (Wildman–Crippen MR) is 56.8 cm³/mol. The quantitative estimate of drug-likeness (QED) is 0.883. The van der Waals surface area contributed by atoms with Gasteiger partial charge in [0, 0.05) is 10.7 Å². The van der Waals surface area contributed by atoms with Gasteiger partial charge >= 0.3 is 0 Å². The van der Waals surface area contributed by atoms with E-state index < -0.39 is 0 Å². The number of hydrogen-bond donors (Lipinski definition) is 1. The summed E-state index contributed by atoms with van der Waals surface area (Å²) in [5.74, 6) is 0. The normalized spacial score (nSPS) is 17.0. The summed E-state index contributed by atoms with van der Waals surface area (Å²) >= 11 is 5.00. The number of aromatic nitrogens is 1. The lowest BCUT2D eigenvalue weighted by atomic mass is 10.4. The molecule has 0 unspecified atom stereocenters. The van der Waals surface area contributed by atoms with E-state index in [2.05, 4.69) is 20.9 Å². The van der Waals surface area contributed by atoms with Crippen molar-refractivity contribution < 1.29 is 4.74 Å². The van der Waals surface area contributed by atoms with Crippen molar-refractivity contribution >= 4 is 33.4 Å². The molecule has 13 heavy (non-hydrogen) atoms. The van der Waals surface area contributed by atoms with Gasteiger partial charge in [-0.15, -0.1) is 0 Å². The van der Waals surface area contributed by atoms with Gasteiger partial charge in [-0.25, -0.2) is 4.98 Å². The van der Waals surface area contributed by atoms with E-state index in [-0.39, 0.29) is 0 Å². The molecular formula is C8H9BrN2OS. The minimum atomic E-state index is 0.524. The Morgan fingerprint density at radius 3 is 2.92 bits per heavy atom. The number of hydrogen-bond acceptors (Lipinski definition) is 4. The second-order valence-electron chi connectivity index (χ2n) is 2.83. The van der Waals surface area contributed by atoms with E-state index in [1.165, 1.54) is 0 Å². The van der Waals surface area contributed by atoms with Gasteiger partial charge in [-0.1, -0.05) is 11.8 Å². The van der Waals surface area contributed by atoms with Crippen LogP contribution >= 0.6 is 27.7 Å². The third-order valence-corrected chi connectivity index (χ3v) is 3.33. The van der Waals surface area contributed by atoms with E-state index in [0.29, 0.717) is 5.25 Å². The Hall–Kier alpha value is -0.260. The zero-order chi connectivity index (χ0) is 9.26. The molecule has 0 aromatic carbocycles. The molecule has 1 fully saturated rings. The largest absolute Gasteiger partial charge is 0.397 e. The Kier molecular flexibility index (Phi) is 2.76. The number of halogens is 1. The van der Waals surface area contributed by atoms with Crippen LogP contribution in [0.4, 0.5) is 5.69 Å². The van der Waals surface area contributed by atoms with Crippen LogP contribution in [0, 0.1) is 0 Å². The average Bonchev–Trinajstić information content (AvgIpc) is 1.99. The highest BCUT2D eigenvalue weighted by molar-refractivity contribution is 9.10. The van der Waals surface area contributed by atoms with Crippen LogP contribution < -0.4 is 5.73 Å². The second kappa shape index (κ2) is 3.86. The number of ether oxygens (including phenoxy) is 1. The molecule has 0 amide bonds. The van der Waals surface area contributed by atoms with Crippen molar-refractivity contribution in [3.63, 3.8) is 0 Å². The van der Waals surface area contributed by atoms with Crippen molar-refractivity contribution in [3.8, 4) is 0 Å². The number of anilines is 1. The zero-order valence-corrected chi connectivity index (χ0v) is 9.27. The summed E-state index contributed by atoms with van der Waals surface area (Å²) in [4.78, 5) is 4.24. The molecule has 1 aliphatic rings. The van der Waals surface area contributed by atoms with E-state index in [1.54, 1.807) is 18.0 Å². The average molecular weight is 261 g/mol. The lowest BCUT2D eigenvalue weighted by molar-refractivity contribution is 0.0455. The Bertz CT molecular complexity index is 317. The maximum absolute atomic E-state index is 5.79. The topological polar surface area (TPSA) is 48.1 Å². The first kappa shape index (κ1) is 9.30. The third-order valence-electron chi connectivity index (χ3n) is 1.73. The highest BCUT2D eigenvalue weighted by Crippen LogP contribution is 2.31. The van der Waals surface area contributed by atoms with Crippen LogP contribution in [0.1, 0.15) is 0 Å². The minimum Gasteiger partial charge on any atom is -0.397 e. The monoisotopic (exact) mass is 260 g/mol. The molecule has 2 heterocycles. The summed E-state index contributed by atoms with van der Waals surface area (Å²) in [6.07, 6.45) is 1.76. The summed E-state index contributed by atoms with van der Waals surface area (Å²) in [6, 6.07) is 1.87.